The Kier molecular flexibility index (Phi) is 3.85. The highest BCUT2D eigenvalue weighted by molar-refractivity contribution is 5.76. The first-order valence-corrected chi connectivity index (χ1v) is 5.06. The molecule has 0 aliphatic rings. The Morgan fingerprint density at radius 2 is 2.00 bits per heavy atom. The SMILES string of the molecule is C=CC(C)(C)OC(=O)C(O)c1ccccc1. The van der Waals surface area contributed by atoms with E-state index >= 15 is 0 Å². The molecule has 0 amide bonds. The van der Waals surface area contributed by atoms with Crippen LogP contribution in [0.5, 0.6) is 0 Å². The molecule has 0 aliphatic carbocycles. The molecule has 16 heavy (non-hydrogen) atoms. The lowest BCUT2D eigenvalue weighted by molar-refractivity contribution is -0.163. The molecule has 3 nitrogen and oxygen atoms in total. The third-order valence-corrected chi connectivity index (χ3v) is 2.19. The van der Waals surface area contributed by atoms with Crippen LogP contribution in [0.3, 0.4) is 0 Å². The van der Waals surface area contributed by atoms with Crippen molar-refractivity contribution in [2.75, 3.05) is 0 Å². The average molecular weight is 220 g/mol. The molecule has 0 aliphatic heterocycles. The van der Waals surface area contributed by atoms with Gasteiger partial charge in [-0.2, -0.15) is 0 Å². The van der Waals surface area contributed by atoms with Gasteiger partial charge in [0, 0.05) is 0 Å². The van der Waals surface area contributed by atoms with Crippen LogP contribution in [0.1, 0.15) is 25.5 Å². The van der Waals surface area contributed by atoms with Gasteiger partial charge in [-0.25, -0.2) is 4.79 Å². The minimum Gasteiger partial charge on any atom is -0.453 e. The molecule has 0 radical (unpaired) electrons. The molecule has 1 aromatic rings. The van der Waals surface area contributed by atoms with E-state index < -0.39 is 17.7 Å². The molecule has 0 heterocycles. The highest BCUT2D eigenvalue weighted by atomic mass is 16.6. The second-order valence-corrected chi connectivity index (χ2v) is 4.04. The number of aliphatic hydroxyl groups excluding tert-OH is 1. The first kappa shape index (κ1) is 12.5. The first-order valence-electron chi connectivity index (χ1n) is 5.06. The van der Waals surface area contributed by atoms with E-state index in [0.29, 0.717) is 5.56 Å². The quantitative estimate of drug-likeness (QED) is 0.625. The fraction of sp³-hybridized carbons (Fsp3) is 0.308. The molecule has 0 saturated carbocycles. The Morgan fingerprint density at radius 1 is 1.44 bits per heavy atom. The van der Waals surface area contributed by atoms with Crippen LogP contribution in [-0.4, -0.2) is 16.7 Å². The van der Waals surface area contributed by atoms with Gasteiger partial charge in [0.15, 0.2) is 6.10 Å². The lowest BCUT2D eigenvalue weighted by atomic mass is 10.1. The molecule has 0 bridgehead atoms. The molecule has 86 valence electrons. The number of hydrogen-bond donors (Lipinski definition) is 1. The summed E-state index contributed by atoms with van der Waals surface area (Å²) in [5.74, 6) is -0.670. The second kappa shape index (κ2) is 4.94. The Hall–Kier alpha value is -1.61. The van der Waals surface area contributed by atoms with E-state index in [0.717, 1.165) is 0 Å². The zero-order valence-electron chi connectivity index (χ0n) is 9.51. The van der Waals surface area contributed by atoms with Crippen molar-refractivity contribution in [1.29, 1.82) is 0 Å². The smallest absolute Gasteiger partial charge is 0.340 e. The van der Waals surface area contributed by atoms with Crippen LogP contribution in [0.25, 0.3) is 0 Å². The normalized spacial score (nSPS) is 12.9. The average Bonchev–Trinajstić information content (AvgIpc) is 2.28. The molecular formula is C13H16O3. The molecular weight excluding hydrogens is 204 g/mol. The highest BCUT2D eigenvalue weighted by Crippen LogP contribution is 2.18. The minimum absolute atomic E-state index is 0.521. The van der Waals surface area contributed by atoms with E-state index in [1.165, 1.54) is 6.08 Å². The molecule has 3 heteroatoms. The van der Waals surface area contributed by atoms with Crippen molar-refractivity contribution in [3.05, 3.63) is 48.6 Å². The third-order valence-electron chi connectivity index (χ3n) is 2.19. The standard InChI is InChI=1S/C13H16O3/c1-4-13(2,3)16-12(15)11(14)10-8-6-5-7-9-10/h4-9,11,14H,1H2,2-3H3. The number of benzene rings is 1. The number of hydrogen-bond acceptors (Lipinski definition) is 3. The highest BCUT2D eigenvalue weighted by Gasteiger charge is 2.25. The molecule has 0 aromatic heterocycles. The van der Waals surface area contributed by atoms with Crippen molar-refractivity contribution in [3.63, 3.8) is 0 Å². The van der Waals surface area contributed by atoms with Crippen LogP contribution >= 0.6 is 0 Å². The van der Waals surface area contributed by atoms with Gasteiger partial charge in [-0.15, -0.1) is 0 Å². The zero-order chi connectivity index (χ0) is 12.2. The van der Waals surface area contributed by atoms with Crippen LogP contribution in [0.15, 0.2) is 43.0 Å². The molecule has 1 aromatic carbocycles. The Balaban J connectivity index is 2.72. The lowest BCUT2D eigenvalue weighted by Gasteiger charge is -2.22. The molecule has 1 rings (SSSR count). The van der Waals surface area contributed by atoms with Crippen LogP contribution in [0.4, 0.5) is 0 Å². The first-order chi connectivity index (χ1) is 7.46. The van der Waals surface area contributed by atoms with Gasteiger partial charge < -0.3 is 9.84 Å². The maximum atomic E-state index is 11.6. The monoisotopic (exact) mass is 220 g/mol. The van der Waals surface area contributed by atoms with E-state index in [4.69, 9.17) is 4.74 Å². The van der Waals surface area contributed by atoms with Crippen molar-refractivity contribution in [2.45, 2.75) is 25.6 Å². The van der Waals surface area contributed by atoms with Gasteiger partial charge in [0.1, 0.15) is 5.60 Å². The van der Waals surface area contributed by atoms with Gasteiger partial charge in [-0.05, 0) is 25.5 Å². The van der Waals surface area contributed by atoms with Crippen molar-refractivity contribution in [3.8, 4) is 0 Å². The number of aliphatic hydroxyl groups is 1. The lowest BCUT2D eigenvalue weighted by Crippen LogP contribution is -2.28. The van der Waals surface area contributed by atoms with Gasteiger partial charge in [0.25, 0.3) is 0 Å². The minimum atomic E-state index is -1.25. The Bertz CT molecular complexity index is 368. The summed E-state index contributed by atoms with van der Waals surface area (Å²) in [5, 5.41) is 9.74. The van der Waals surface area contributed by atoms with E-state index in [1.54, 1.807) is 38.1 Å². The number of carbonyl (C=O) groups excluding carboxylic acids is 1. The van der Waals surface area contributed by atoms with Gasteiger partial charge in [-0.3, -0.25) is 0 Å². The van der Waals surface area contributed by atoms with Crippen LogP contribution in [0.2, 0.25) is 0 Å². The largest absolute Gasteiger partial charge is 0.453 e. The van der Waals surface area contributed by atoms with Gasteiger partial charge in [0.2, 0.25) is 0 Å². The topological polar surface area (TPSA) is 46.5 Å². The summed E-state index contributed by atoms with van der Waals surface area (Å²) in [6.07, 6.45) is 0.267. The van der Waals surface area contributed by atoms with Crippen LogP contribution in [0, 0.1) is 0 Å². The predicted molar refractivity (Wildman–Crippen MR) is 61.8 cm³/mol. The van der Waals surface area contributed by atoms with E-state index in [2.05, 4.69) is 6.58 Å². The second-order valence-electron chi connectivity index (χ2n) is 4.04. The molecule has 0 saturated heterocycles. The summed E-state index contributed by atoms with van der Waals surface area (Å²) >= 11 is 0. The maximum Gasteiger partial charge on any atom is 0.340 e. The zero-order valence-corrected chi connectivity index (χ0v) is 9.51. The number of rotatable bonds is 4. The molecule has 1 N–H and O–H groups in total. The summed E-state index contributed by atoms with van der Waals surface area (Å²) in [5.41, 5.74) is -0.250. The van der Waals surface area contributed by atoms with Gasteiger partial charge >= 0.3 is 5.97 Å². The van der Waals surface area contributed by atoms with Crippen LogP contribution < -0.4 is 0 Å². The summed E-state index contributed by atoms with van der Waals surface area (Å²) in [6, 6.07) is 8.67. The molecule has 0 fully saturated rings. The van der Waals surface area contributed by atoms with E-state index in [1.807, 2.05) is 6.07 Å². The summed E-state index contributed by atoms with van der Waals surface area (Å²) < 4.78 is 5.10. The van der Waals surface area contributed by atoms with E-state index in [-0.39, 0.29) is 0 Å². The fourth-order valence-corrected chi connectivity index (χ4v) is 1.13. The fourth-order valence-electron chi connectivity index (χ4n) is 1.13. The van der Waals surface area contributed by atoms with Crippen molar-refractivity contribution >= 4 is 5.97 Å². The van der Waals surface area contributed by atoms with Gasteiger partial charge in [0.05, 0.1) is 0 Å². The predicted octanol–water partition coefficient (Wildman–Crippen LogP) is 2.23. The van der Waals surface area contributed by atoms with Gasteiger partial charge in [-0.1, -0.05) is 36.9 Å². The molecule has 1 unspecified atom stereocenters. The summed E-state index contributed by atoms with van der Waals surface area (Å²) in [6.45, 7) is 6.97. The van der Waals surface area contributed by atoms with E-state index in [9.17, 15) is 9.90 Å². The number of esters is 1. The number of ether oxygens (including phenoxy) is 1. The van der Waals surface area contributed by atoms with Crippen LogP contribution in [-0.2, 0) is 9.53 Å². The van der Waals surface area contributed by atoms with Crippen molar-refractivity contribution in [1.82, 2.24) is 0 Å². The summed E-state index contributed by atoms with van der Waals surface area (Å²) in [4.78, 5) is 11.6. The van der Waals surface area contributed by atoms with Crippen molar-refractivity contribution < 1.29 is 14.6 Å². The number of carbonyl (C=O) groups is 1. The Labute approximate surface area is 95.4 Å². The Morgan fingerprint density at radius 3 is 2.50 bits per heavy atom. The summed E-state index contributed by atoms with van der Waals surface area (Å²) in [7, 11) is 0. The molecule has 0 spiro atoms. The molecule has 1 atom stereocenters. The third kappa shape index (κ3) is 3.21. The van der Waals surface area contributed by atoms with Crippen molar-refractivity contribution in [2.24, 2.45) is 0 Å². The maximum absolute atomic E-state index is 11.6.